The van der Waals surface area contributed by atoms with Crippen LogP contribution in [0, 0.1) is 12.8 Å². The van der Waals surface area contributed by atoms with Gasteiger partial charge in [0.1, 0.15) is 0 Å². The highest BCUT2D eigenvalue weighted by molar-refractivity contribution is 5.84. The summed E-state index contributed by atoms with van der Waals surface area (Å²) in [5, 5.41) is 0. The van der Waals surface area contributed by atoms with Crippen molar-refractivity contribution in [1.82, 2.24) is 9.80 Å². The lowest BCUT2D eigenvalue weighted by atomic mass is 10.2. The van der Waals surface area contributed by atoms with Crippen molar-refractivity contribution in [3.8, 4) is 0 Å². The molecule has 5 heteroatoms. The Balaban J connectivity index is 1.89. The summed E-state index contributed by atoms with van der Waals surface area (Å²) in [6, 6.07) is 8.45. The van der Waals surface area contributed by atoms with Gasteiger partial charge in [-0.3, -0.25) is 9.59 Å². The first kappa shape index (κ1) is 18.3. The van der Waals surface area contributed by atoms with E-state index in [1.54, 1.807) is 4.90 Å². The van der Waals surface area contributed by atoms with Gasteiger partial charge in [0.05, 0.1) is 6.54 Å². The zero-order valence-corrected chi connectivity index (χ0v) is 15.3. The third-order valence-electron chi connectivity index (χ3n) is 4.36. The molecule has 0 saturated carbocycles. The molecule has 0 atom stereocenters. The highest BCUT2D eigenvalue weighted by Gasteiger charge is 2.24. The van der Waals surface area contributed by atoms with E-state index in [2.05, 4.69) is 49.9 Å². The predicted molar refractivity (Wildman–Crippen MR) is 97.1 cm³/mol. The zero-order valence-electron chi connectivity index (χ0n) is 15.3. The van der Waals surface area contributed by atoms with Gasteiger partial charge in [-0.25, -0.2) is 0 Å². The first-order valence-electron chi connectivity index (χ1n) is 8.71. The van der Waals surface area contributed by atoms with Crippen LogP contribution in [-0.2, 0) is 9.59 Å². The molecule has 1 saturated heterocycles. The van der Waals surface area contributed by atoms with Crippen molar-refractivity contribution in [3.63, 3.8) is 0 Å². The number of amides is 2. The highest BCUT2D eigenvalue weighted by atomic mass is 16.2. The lowest BCUT2D eigenvalue weighted by molar-refractivity contribution is -0.140. The van der Waals surface area contributed by atoms with E-state index in [0.717, 1.165) is 13.1 Å². The number of benzene rings is 1. The lowest BCUT2D eigenvalue weighted by Crippen LogP contribution is -2.52. The van der Waals surface area contributed by atoms with Crippen LogP contribution in [-0.4, -0.2) is 60.9 Å². The predicted octanol–water partition coefficient (Wildman–Crippen LogP) is 2.15. The molecule has 0 N–H and O–H groups in total. The van der Waals surface area contributed by atoms with Crippen molar-refractivity contribution in [3.05, 3.63) is 29.8 Å². The molecule has 1 fully saturated rings. The monoisotopic (exact) mass is 331 g/mol. The summed E-state index contributed by atoms with van der Waals surface area (Å²) < 4.78 is 0. The Labute approximate surface area is 145 Å². The number of carbonyl (C=O) groups excluding carboxylic acids is 2. The molecule has 1 aromatic carbocycles. The van der Waals surface area contributed by atoms with Crippen molar-refractivity contribution >= 4 is 17.5 Å². The Bertz CT molecular complexity index is 578. The van der Waals surface area contributed by atoms with Crippen LogP contribution < -0.4 is 4.90 Å². The molecule has 5 nitrogen and oxygen atoms in total. The standard InChI is InChI=1S/C19H29N3O2/c1-15(2)13-22(17(4)23)14-19(24)21-10-8-20(9-11-21)18-7-5-6-16(3)12-18/h5-7,12,15H,8-11,13-14H2,1-4H3. The van der Waals surface area contributed by atoms with Crippen molar-refractivity contribution in [1.29, 1.82) is 0 Å². The van der Waals surface area contributed by atoms with Crippen molar-refractivity contribution < 1.29 is 9.59 Å². The molecule has 0 unspecified atom stereocenters. The van der Waals surface area contributed by atoms with Crippen LogP contribution in [0.5, 0.6) is 0 Å². The van der Waals surface area contributed by atoms with Crippen LogP contribution in [0.3, 0.4) is 0 Å². The summed E-state index contributed by atoms with van der Waals surface area (Å²) in [7, 11) is 0. The summed E-state index contributed by atoms with van der Waals surface area (Å²) in [6.07, 6.45) is 0. The molecule has 2 rings (SSSR count). The molecule has 0 radical (unpaired) electrons. The van der Waals surface area contributed by atoms with Gasteiger partial charge in [-0.2, -0.15) is 0 Å². The number of hydrogen-bond donors (Lipinski definition) is 0. The van der Waals surface area contributed by atoms with E-state index in [1.165, 1.54) is 18.2 Å². The number of rotatable bonds is 5. The summed E-state index contributed by atoms with van der Waals surface area (Å²) in [5.41, 5.74) is 2.46. The smallest absolute Gasteiger partial charge is 0.242 e. The van der Waals surface area contributed by atoms with E-state index in [1.807, 2.05) is 4.90 Å². The van der Waals surface area contributed by atoms with E-state index in [-0.39, 0.29) is 18.4 Å². The quantitative estimate of drug-likeness (QED) is 0.830. The van der Waals surface area contributed by atoms with E-state index in [0.29, 0.717) is 25.6 Å². The van der Waals surface area contributed by atoms with Gasteiger partial charge < -0.3 is 14.7 Å². The summed E-state index contributed by atoms with van der Waals surface area (Å²) in [5.74, 6) is 0.380. The Morgan fingerprint density at radius 3 is 2.38 bits per heavy atom. The van der Waals surface area contributed by atoms with Gasteiger partial charge in [-0.15, -0.1) is 0 Å². The van der Waals surface area contributed by atoms with Gasteiger partial charge in [-0.1, -0.05) is 26.0 Å². The second-order valence-corrected chi connectivity index (χ2v) is 7.00. The summed E-state index contributed by atoms with van der Waals surface area (Å²) in [6.45, 7) is 11.6. The third-order valence-corrected chi connectivity index (χ3v) is 4.36. The summed E-state index contributed by atoms with van der Waals surface area (Å²) >= 11 is 0. The second kappa shape index (κ2) is 8.18. The van der Waals surface area contributed by atoms with Gasteiger partial charge in [0.15, 0.2) is 0 Å². The molecule has 132 valence electrons. The molecule has 2 amide bonds. The Morgan fingerprint density at radius 2 is 1.83 bits per heavy atom. The normalized spacial score (nSPS) is 14.9. The molecule has 24 heavy (non-hydrogen) atoms. The Morgan fingerprint density at radius 1 is 1.17 bits per heavy atom. The molecule has 1 aliphatic rings. The van der Waals surface area contributed by atoms with Gasteiger partial charge in [-0.05, 0) is 30.5 Å². The molecule has 0 aromatic heterocycles. The van der Waals surface area contributed by atoms with Crippen molar-refractivity contribution in [2.75, 3.05) is 44.2 Å². The molecule has 1 heterocycles. The van der Waals surface area contributed by atoms with E-state index < -0.39 is 0 Å². The average molecular weight is 331 g/mol. The highest BCUT2D eigenvalue weighted by Crippen LogP contribution is 2.18. The number of piperazine rings is 1. The second-order valence-electron chi connectivity index (χ2n) is 7.00. The van der Waals surface area contributed by atoms with Gasteiger partial charge >= 0.3 is 0 Å². The SMILES string of the molecule is CC(=O)N(CC(=O)N1CCN(c2cccc(C)c2)CC1)CC(C)C. The maximum Gasteiger partial charge on any atom is 0.242 e. The van der Waals surface area contributed by atoms with Crippen LogP contribution in [0.4, 0.5) is 5.69 Å². The third kappa shape index (κ3) is 4.98. The van der Waals surface area contributed by atoms with Crippen molar-refractivity contribution in [2.45, 2.75) is 27.7 Å². The number of aryl methyl sites for hydroxylation is 1. The molecule has 0 bridgehead atoms. The minimum Gasteiger partial charge on any atom is -0.368 e. The lowest BCUT2D eigenvalue weighted by Gasteiger charge is -2.37. The van der Waals surface area contributed by atoms with E-state index in [9.17, 15) is 9.59 Å². The van der Waals surface area contributed by atoms with Gasteiger partial charge in [0.25, 0.3) is 0 Å². The Kier molecular flexibility index (Phi) is 6.23. The Hall–Kier alpha value is -2.04. The zero-order chi connectivity index (χ0) is 17.7. The van der Waals surface area contributed by atoms with Gasteiger partial charge in [0.2, 0.25) is 11.8 Å². The van der Waals surface area contributed by atoms with E-state index >= 15 is 0 Å². The minimum absolute atomic E-state index is 0.0320. The topological polar surface area (TPSA) is 43.9 Å². The van der Waals surface area contributed by atoms with E-state index in [4.69, 9.17) is 0 Å². The molecule has 1 aromatic rings. The fraction of sp³-hybridized carbons (Fsp3) is 0.579. The fourth-order valence-corrected chi connectivity index (χ4v) is 3.05. The molecule has 0 spiro atoms. The fourth-order valence-electron chi connectivity index (χ4n) is 3.05. The van der Waals surface area contributed by atoms with Gasteiger partial charge in [0, 0.05) is 45.3 Å². The van der Waals surface area contributed by atoms with Crippen LogP contribution in [0.15, 0.2) is 24.3 Å². The molecule has 0 aliphatic carbocycles. The van der Waals surface area contributed by atoms with Crippen LogP contribution in [0.1, 0.15) is 26.3 Å². The maximum atomic E-state index is 12.5. The number of nitrogens with zero attached hydrogens (tertiary/aromatic N) is 3. The van der Waals surface area contributed by atoms with Crippen molar-refractivity contribution in [2.24, 2.45) is 5.92 Å². The summed E-state index contributed by atoms with van der Waals surface area (Å²) in [4.78, 5) is 30.1. The number of carbonyl (C=O) groups is 2. The first-order chi connectivity index (χ1) is 11.4. The largest absolute Gasteiger partial charge is 0.368 e. The average Bonchev–Trinajstić information content (AvgIpc) is 2.54. The number of hydrogen-bond acceptors (Lipinski definition) is 3. The molecular formula is C19H29N3O2. The molecule has 1 aliphatic heterocycles. The van der Waals surface area contributed by atoms with Crippen LogP contribution in [0.25, 0.3) is 0 Å². The maximum absolute atomic E-state index is 12.5. The van der Waals surface area contributed by atoms with Crippen LogP contribution in [0.2, 0.25) is 0 Å². The number of anilines is 1. The van der Waals surface area contributed by atoms with Crippen LogP contribution >= 0.6 is 0 Å². The molecular weight excluding hydrogens is 302 g/mol. The first-order valence-corrected chi connectivity index (χ1v) is 8.71. The minimum atomic E-state index is -0.0320.